The monoisotopic (exact) mass is 251 g/mol. The molecule has 0 atom stereocenters. The second-order valence-electron chi connectivity index (χ2n) is 5.28. The van der Waals surface area contributed by atoms with E-state index >= 15 is 0 Å². The predicted octanol–water partition coefficient (Wildman–Crippen LogP) is 4.51. The van der Waals surface area contributed by atoms with E-state index in [1.54, 1.807) is 6.07 Å². The normalized spacial score (nSPS) is 12.1. The number of fused-ring (bicyclic) bond motifs is 1. The van der Waals surface area contributed by atoms with E-state index in [2.05, 4.69) is 20.8 Å². The molecule has 0 aliphatic carbocycles. The average molecular weight is 252 g/mol. The van der Waals surface area contributed by atoms with Crippen LogP contribution in [0.1, 0.15) is 26.3 Å². The highest BCUT2D eigenvalue weighted by molar-refractivity contribution is 6.36. The molecule has 0 heterocycles. The maximum atomic E-state index is 13.6. The van der Waals surface area contributed by atoms with Crippen molar-refractivity contribution in [2.24, 2.45) is 0 Å². The first-order valence-corrected chi connectivity index (χ1v) is 5.86. The van der Waals surface area contributed by atoms with Gasteiger partial charge >= 0.3 is 0 Å². The summed E-state index contributed by atoms with van der Waals surface area (Å²) in [6.45, 7) is 6.17. The molecule has 0 saturated heterocycles. The average Bonchev–Trinajstić information content (AvgIpc) is 2.21. The molecule has 2 rings (SSSR count). The lowest BCUT2D eigenvalue weighted by molar-refractivity contribution is 0.594. The van der Waals surface area contributed by atoms with Gasteiger partial charge in [-0.05, 0) is 34.6 Å². The molecule has 0 unspecified atom stereocenters. The molecule has 17 heavy (non-hydrogen) atoms. The fourth-order valence-corrected chi connectivity index (χ4v) is 2.29. The Kier molecular flexibility index (Phi) is 2.78. The summed E-state index contributed by atoms with van der Waals surface area (Å²) >= 11 is 6.07. The van der Waals surface area contributed by atoms with E-state index in [1.807, 2.05) is 12.1 Å². The lowest BCUT2D eigenvalue weighted by Crippen LogP contribution is -2.12. The zero-order valence-electron chi connectivity index (χ0n) is 10.1. The number of rotatable bonds is 0. The van der Waals surface area contributed by atoms with Gasteiger partial charge in [0.25, 0.3) is 0 Å². The first-order chi connectivity index (χ1) is 7.80. The van der Waals surface area contributed by atoms with Gasteiger partial charge in [0.2, 0.25) is 0 Å². The van der Waals surface area contributed by atoms with Crippen molar-refractivity contribution in [1.29, 1.82) is 0 Å². The number of benzene rings is 2. The molecule has 0 saturated carbocycles. The maximum absolute atomic E-state index is 13.6. The van der Waals surface area contributed by atoms with Crippen molar-refractivity contribution in [3.8, 4) is 0 Å². The number of hydrogen-bond acceptors (Lipinski definition) is 1. The molecule has 0 radical (unpaired) electrons. The van der Waals surface area contributed by atoms with Crippen LogP contribution >= 0.6 is 11.6 Å². The van der Waals surface area contributed by atoms with Gasteiger partial charge in [0.1, 0.15) is 5.82 Å². The molecule has 0 aliphatic heterocycles. The van der Waals surface area contributed by atoms with Gasteiger partial charge in [0.15, 0.2) is 0 Å². The first-order valence-electron chi connectivity index (χ1n) is 5.48. The van der Waals surface area contributed by atoms with Crippen LogP contribution in [0, 0.1) is 5.82 Å². The first kappa shape index (κ1) is 12.2. The quantitative estimate of drug-likeness (QED) is 0.685. The van der Waals surface area contributed by atoms with Crippen LogP contribution in [-0.4, -0.2) is 0 Å². The Balaban J connectivity index is 2.95. The lowest BCUT2D eigenvalue weighted by atomic mass is 9.83. The van der Waals surface area contributed by atoms with Gasteiger partial charge in [-0.1, -0.05) is 38.4 Å². The van der Waals surface area contributed by atoms with Crippen LogP contribution in [0.4, 0.5) is 10.1 Å². The van der Waals surface area contributed by atoms with Crippen LogP contribution in [0.3, 0.4) is 0 Å². The fourth-order valence-electron chi connectivity index (χ4n) is 2.01. The number of halogens is 2. The third-order valence-electron chi connectivity index (χ3n) is 2.84. The molecule has 3 heteroatoms. The molecule has 2 N–H and O–H groups in total. The smallest absolute Gasteiger partial charge is 0.142 e. The van der Waals surface area contributed by atoms with E-state index in [4.69, 9.17) is 17.3 Å². The summed E-state index contributed by atoms with van der Waals surface area (Å²) in [4.78, 5) is 0. The minimum Gasteiger partial charge on any atom is -0.399 e. The summed E-state index contributed by atoms with van der Waals surface area (Å²) < 4.78 is 13.6. The molecule has 2 aromatic rings. The van der Waals surface area contributed by atoms with Crippen LogP contribution in [0.5, 0.6) is 0 Å². The Morgan fingerprint density at radius 3 is 2.41 bits per heavy atom. The predicted molar refractivity (Wildman–Crippen MR) is 72.0 cm³/mol. The van der Waals surface area contributed by atoms with Crippen molar-refractivity contribution in [3.63, 3.8) is 0 Å². The zero-order chi connectivity index (χ0) is 12.8. The van der Waals surface area contributed by atoms with E-state index in [0.717, 1.165) is 16.3 Å². The third kappa shape index (κ3) is 2.09. The molecular weight excluding hydrogens is 237 g/mol. The summed E-state index contributed by atoms with van der Waals surface area (Å²) in [6.07, 6.45) is 0. The molecular formula is C14H15ClFN. The van der Waals surface area contributed by atoms with E-state index in [1.165, 1.54) is 6.07 Å². The van der Waals surface area contributed by atoms with Crippen LogP contribution < -0.4 is 5.73 Å². The molecule has 90 valence electrons. The van der Waals surface area contributed by atoms with E-state index < -0.39 is 5.82 Å². The molecule has 0 aliphatic rings. The summed E-state index contributed by atoms with van der Waals surface area (Å²) in [5.74, 6) is -0.394. The second kappa shape index (κ2) is 3.88. The summed E-state index contributed by atoms with van der Waals surface area (Å²) in [6, 6.07) is 6.77. The Hall–Kier alpha value is -1.28. The number of nitrogens with two attached hydrogens (primary N) is 1. The summed E-state index contributed by atoms with van der Waals surface area (Å²) in [5.41, 5.74) is 7.38. The van der Waals surface area contributed by atoms with Gasteiger partial charge in [-0.25, -0.2) is 4.39 Å². The van der Waals surface area contributed by atoms with Crippen molar-refractivity contribution in [3.05, 3.63) is 40.7 Å². The minimum absolute atomic E-state index is 0.134. The fraction of sp³-hybridized carbons (Fsp3) is 0.286. The van der Waals surface area contributed by atoms with Crippen molar-refractivity contribution in [1.82, 2.24) is 0 Å². The third-order valence-corrected chi connectivity index (χ3v) is 3.21. The van der Waals surface area contributed by atoms with Crippen molar-refractivity contribution in [2.45, 2.75) is 26.2 Å². The van der Waals surface area contributed by atoms with Crippen LogP contribution in [0.15, 0.2) is 24.3 Å². The van der Waals surface area contributed by atoms with E-state index in [9.17, 15) is 4.39 Å². The molecule has 1 nitrogen and oxygen atoms in total. The second-order valence-corrected chi connectivity index (χ2v) is 5.66. The molecule has 2 aromatic carbocycles. The Bertz CT molecular complexity index is 585. The highest BCUT2D eigenvalue weighted by Crippen LogP contribution is 2.37. The van der Waals surface area contributed by atoms with Crippen molar-refractivity contribution in [2.75, 3.05) is 5.73 Å². The van der Waals surface area contributed by atoms with Gasteiger partial charge < -0.3 is 5.73 Å². The number of anilines is 1. The van der Waals surface area contributed by atoms with Crippen molar-refractivity contribution < 1.29 is 4.39 Å². The maximum Gasteiger partial charge on any atom is 0.142 e. The van der Waals surface area contributed by atoms with Gasteiger partial charge in [0, 0.05) is 11.1 Å². The highest BCUT2D eigenvalue weighted by atomic mass is 35.5. The Morgan fingerprint density at radius 2 is 1.82 bits per heavy atom. The van der Waals surface area contributed by atoms with E-state index in [0.29, 0.717) is 5.69 Å². The van der Waals surface area contributed by atoms with E-state index in [-0.39, 0.29) is 10.4 Å². The van der Waals surface area contributed by atoms with Gasteiger partial charge in [-0.3, -0.25) is 0 Å². The topological polar surface area (TPSA) is 26.0 Å². The Labute approximate surface area is 105 Å². The van der Waals surface area contributed by atoms with Crippen LogP contribution in [0.25, 0.3) is 10.8 Å². The molecule has 0 aromatic heterocycles. The SMILES string of the molecule is CC(C)(C)c1cc(N)cc2ccc(F)c(Cl)c12. The van der Waals surface area contributed by atoms with Gasteiger partial charge in [-0.15, -0.1) is 0 Å². The summed E-state index contributed by atoms with van der Waals surface area (Å²) in [5, 5.41) is 1.81. The number of hydrogen-bond donors (Lipinski definition) is 1. The standard InChI is InChI=1S/C14H15ClFN/c1-14(2,3)10-7-9(17)6-8-4-5-11(16)13(15)12(8)10/h4-7H,17H2,1-3H3. The minimum atomic E-state index is -0.394. The van der Waals surface area contributed by atoms with Gasteiger partial charge in [0.05, 0.1) is 5.02 Å². The molecule has 0 amide bonds. The Morgan fingerprint density at radius 1 is 1.18 bits per heavy atom. The largest absolute Gasteiger partial charge is 0.399 e. The summed E-state index contributed by atoms with van der Waals surface area (Å²) in [7, 11) is 0. The molecule has 0 fully saturated rings. The highest BCUT2D eigenvalue weighted by Gasteiger charge is 2.20. The molecule has 0 spiro atoms. The molecule has 0 bridgehead atoms. The van der Waals surface area contributed by atoms with Crippen molar-refractivity contribution >= 4 is 28.1 Å². The lowest BCUT2D eigenvalue weighted by Gasteiger charge is -2.22. The van der Waals surface area contributed by atoms with Gasteiger partial charge in [-0.2, -0.15) is 0 Å². The zero-order valence-corrected chi connectivity index (χ0v) is 10.9. The van der Waals surface area contributed by atoms with Crippen LogP contribution in [0.2, 0.25) is 5.02 Å². The number of nitrogen functional groups attached to an aromatic ring is 1. The van der Waals surface area contributed by atoms with Crippen LogP contribution in [-0.2, 0) is 5.41 Å².